The van der Waals surface area contributed by atoms with Crippen LogP contribution >= 0.6 is 0 Å². The Hall–Kier alpha value is -2.73. The first-order valence-corrected chi connectivity index (χ1v) is 9.95. The summed E-state index contributed by atoms with van der Waals surface area (Å²) in [6.45, 7) is 4.10. The minimum absolute atomic E-state index is 0.0967. The Morgan fingerprint density at radius 3 is 2.57 bits per heavy atom. The van der Waals surface area contributed by atoms with Gasteiger partial charge in [-0.15, -0.1) is 0 Å². The van der Waals surface area contributed by atoms with Crippen LogP contribution in [0.2, 0.25) is 0 Å². The Labute approximate surface area is 164 Å². The van der Waals surface area contributed by atoms with E-state index in [0.717, 1.165) is 48.0 Å². The van der Waals surface area contributed by atoms with Gasteiger partial charge in [0.05, 0.1) is 28.9 Å². The lowest BCUT2D eigenvalue weighted by Crippen LogP contribution is -2.38. The van der Waals surface area contributed by atoms with Crippen molar-refractivity contribution in [2.45, 2.75) is 57.7 Å². The molecule has 0 atom stereocenters. The van der Waals surface area contributed by atoms with Gasteiger partial charge < -0.3 is 10.4 Å². The van der Waals surface area contributed by atoms with Gasteiger partial charge in [0.2, 0.25) is 0 Å². The lowest BCUT2D eigenvalue weighted by Gasteiger charge is -2.26. The number of aromatic nitrogens is 3. The van der Waals surface area contributed by atoms with Gasteiger partial charge in [0, 0.05) is 17.6 Å². The van der Waals surface area contributed by atoms with E-state index in [2.05, 4.69) is 24.3 Å². The number of pyridine rings is 1. The standard InChI is InChI=1S/C22H26N4O2/c1-14(2)26-21-19(13-23-26)18(12-20(25-21)15-6-4-3-5-7-15)22(28)24-16-8-10-17(27)11-9-16/h3-7,12-14,16-17,27H,8-11H2,1-2H3,(H,24,28). The molecule has 0 unspecified atom stereocenters. The number of hydrogen-bond acceptors (Lipinski definition) is 4. The summed E-state index contributed by atoms with van der Waals surface area (Å²) in [5.41, 5.74) is 3.05. The van der Waals surface area contributed by atoms with Crippen LogP contribution in [-0.2, 0) is 0 Å². The highest BCUT2D eigenvalue weighted by Gasteiger charge is 2.24. The average molecular weight is 378 g/mol. The van der Waals surface area contributed by atoms with Gasteiger partial charge in [-0.25, -0.2) is 9.67 Å². The third-order valence-electron chi connectivity index (χ3n) is 5.40. The van der Waals surface area contributed by atoms with E-state index in [9.17, 15) is 9.90 Å². The summed E-state index contributed by atoms with van der Waals surface area (Å²) in [5, 5.41) is 18.1. The van der Waals surface area contributed by atoms with Crippen molar-refractivity contribution < 1.29 is 9.90 Å². The summed E-state index contributed by atoms with van der Waals surface area (Å²) in [4.78, 5) is 17.9. The van der Waals surface area contributed by atoms with Gasteiger partial charge in [0.25, 0.3) is 5.91 Å². The first-order valence-electron chi connectivity index (χ1n) is 9.95. The molecule has 2 N–H and O–H groups in total. The smallest absolute Gasteiger partial charge is 0.252 e. The summed E-state index contributed by atoms with van der Waals surface area (Å²) >= 11 is 0. The molecular weight excluding hydrogens is 352 g/mol. The topological polar surface area (TPSA) is 80.0 Å². The van der Waals surface area contributed by atoms with Crippen molar-refractivity contribution >= 4 is 16.9 Å². The van der Waals surface area contributed by atoms with E-state index in [4.69, 9.17) is 4.98 Å². The maximum atomic E-state index is 13.1. The second-order valence-corrected chi connectivity index (χ2v) is 7.82. The zero-order valence-electron chi connectivity index (χ0n) is 16.3. The van der Waals surface area contributed by atoms with Gasteiger partial charge in [-0.05, 0) is 45.6 Å². The Bertz CT molecular complexity index is 973. The molecule has 0 bridgehead atoms. The number of nitrogens with zero attached hydrogens (tertiary/aromatic N) is 3. The molecule has 0 radical (unpaired) electrons. The largest absolute Gasteiger partial charge is 0.393 e. The fourth-order valence-electron chi connectivity index (χ4n) is 3.82. The Balaban J connectivity index is 1.74. The number of benzene rings is 1. The van der Waals surface area contributed by atoms with Crippen LogP contribution in [-0.4, -0.2) is 37.9 Å². The molecule has 6 heteroatoms. The normalized spacial score (nSPS) is 19.9. The Kier molecular flexibility index (Phi) is 5.13. The van der Waals surface area contributed by atoms with Crippen LogP contribution in [0.3, 0.4) is 0 Å². The minimum atomic E-state index is -0.241. The van der Waals surface area contributed by atoms with Crippen LogP contribution in [0, 0.1) is 0 Å². The van der Waals surface area contributed by atoms with Crippen molar-refractivity contribution in [1.82, 2.24) is 20.1 Å². The van der Waals surface area contributed by atoms with E-state index in [1.807, 2.05) is 41.1 Å². The summed E-state index contributed by atoms with van der Waals surface area (Å²) in [6, 6.07) is 12.0. The summed E-state index contributed by atoms with van der Waals surface area (Å²) in [6.07, 6.45) is 4.57. The van der Waals surface area contributed by atoms with Crippen molar-refractivity contribution in [1.29, 1.82) is 0 Å². The van der Waals surface area contributed by atoms with Crippen molar-refractivity contribution in [3.63, 3.8) is 0 Å². The molecule has 146 valence electrons. The number of carbonyl (C=O) groups excluding carboxylic acids is 1. The molecule has 1 aliphatic rings. The van der Waals surface area contributed by atoms with Crippen LogP contribution in [0.15, 0.2) is 42.6 Å². The third-order valence-corrected chi connectivity index (χ3v) is 5.40. The predicted molar refractivity (Wildman–Crippen MR) is 109 cm³/mol. The minimum Gasteiger partial charge on any atom is -0.393 e. The molecule has 28 heavy (non-hydrogen) atoms. The molecule has 1 aliphatic carbocycles. The molecule has 4 rings (SSSR count). The molecule has 6 nitrogen and oxygen atoms in total. The third kappa shape index (κ3) is 3.64. The van der Waals surface area contributed by atoms with E-state index in [-0.39, 0.29) is 24.1 Å². The molecule has 1 aromatic carbocycles. The molecule has 0 aliphatic heterocycles. The molecule has 2 aromatic heterocycles. The first-order chi connectivity index (χ1) is 13.5. The van der Waals surface area contributed by atoms with Crippen molar-refractivity contribution in [3.05, 3.63) is 48.2 Å². The molecule has 0 saturated heterocycles. The number of carbonyl (C=O) groups is 1. The van der Waals surface area contributed by atoms with Crippen molar-refractivity contribution in [3.8, 4) is 11.3 Å². The van der Waals surface area contributed by atoms with Gasteiger partial charge in [0.15, 0.2) is 5.65 Å². The number of hydrogen-bond donors (Lipinski definition) is 2. The molecule has 1 amide bonds. The van der Waals surface area contributed by atoms with Crippen molar-refractivity contribution in [2.24, 2.45) is 0 Å². The van der Waals surface area contributed by atoms with E-state index >= 15 is 0 Å². The van der Waals surface area contributed by atoms with Crippen LogP contribution in [0.25, 0.3) is 22.3 Å². The highest BCUT2D eigenvalue weighted by molar-refractivity contribution is 6.06. The number of amides is 1. The molecule has 3 aromatic rings. The monoisotopic (exact) mass is 378 g/mol. The van der Waals surface area contributed by atoms with E-state index < -0.39 is 0 Å². The van der Waals surface area contributed by atoms with Gasteiger partial charge in [-0.1, -0.05) is 30.3 Å². The fraction of sp³-hybridized carbons (Fsp3) is 0.409. The number of nitrogens with one attached hydrogen (secondary N) is 1. The highest BCUT2D eigenvalue weighted by atomic mass is 16.3. The second-order valence-electron chi connectivity index (χ2n) is 7.82. The maximum Gasteiger partial charge on any atom is 0.252 e. The Morgan fingerprint density at radius 2 is 1.89 bits per heavy atom. The SMILES string of the molecule is CC(C)n1ncc2c(C(=O)NC3CCC(O)CC3)cc(-c3ccccc3)nc21. The predicted octanol–water partition coefficient (Wildman–Crippen LogP) is 3.71. The van der Waals surface area contributed by atoms with Crippen LogP contribution in [0.4, 0.5) is 0 Å². The first kappa shape index (κ1) is 18.6. The van der Waals surface area contributed by atoms with E-state index in [0.29, 0.717) is 5.56 Å². The summed E-state index contributed by atoms with van der Waals surface area (Å²) in [7, 11) is 0. The lowest BCUT2D eigenvalue weighted by atomic mass is 9.93. The Morgan fingerprint density at radius 1 is 1.18 bits per heavy atom. The van der Waals surface area contributed by atoms with Gasteiger partial charge in [0.1, 0.15) is 0 Å². The van der Waals surface area contributed by atoms with Crippen LogP contribution < -0.4 is 5.32 Å². The molecule has 1 fully saturated rings. The number of aliphatic hydroxyl groups is 1. The summed E-state index contributed by atoms with van der Waals surface area (Å²) in [5.74, 6) is -0.103. The van der Waals surface area contributed by atoms with Crippen molar-refractivity contribution in [2.75, 3.05) is 0 Å². The number of fused-ring (bicyclic) bond motifs is 1. The molecule has 1 saturated carbocycles. The zero-order chi connectivity index (χ0) is 19.7. The van der Waals surface area contributed by atoms with Crippen LogP contribution in [0.1, 0.15) is 55.9 Å². The zero-order valence-corrected chi connectivity index (χ0v) is 16.3. The second kappa shape index (κ2) is 7.72. The average Bonchev–Trinajstić information content (AvgIpc) is 3.14. The lowest BCUT2D eigenvalue weighted by molar-refractivity contribution is 0.0869. The van der Waals surface area contributed by atoms with E-state index in [1.165, 1.54) is 0 Å². The number of rotatable bonds is 4. The van der Waals surface area contributed by atoms with Crippen LogP contribution in [0.5, 0.6) is 0 Å². The van der Waals surface area contributed by atoms with Gasteiger partial charge >= 0.3 is 0 Å². The molecule has 0 spiro atoms. The van der Waals surface area contributed by atoms with E-state index in [1.54, 1.807) is 6.20 Å². The fourth-order valence-corrected chi connectivity index (χ4v) is 3.82. The highest BCUT2D eigenvalue weighted by Crippen LogP contribution is 2.27. The van der Waals surface area contributed by atoms with Gasteiger partial charge in [-0.2, -0.15) is 5.10 Å². The molecule has 2 heterocycles. The number of aliphatic hydroxyl groups excluding tert-OH is 1. The maximum absolute atomic E-state index is 13.1. The quantitative estimate of drug-likeness (QED) is 0.725. The van der Waals surface area contributed by atoms with Gasteiger partial charge in [-0.3, -0.25) is 4.79 Å². The summed E-state index contributed by atoms with van der Waals surface area (Å²) < 4.78 is 1.86. The molecular formula is C22H26N4O2.